The van der Waals surface area contributed by atoms with Gasteiger partial charge in [-0.05, 0) is 88.0 Å². The average molecular weight is 648 g/mol. The van der Waals surface area contributed by atoms with E-state index in [-0.39, 0.29) is 5.41 Å². The zero-order valence-electron chi connectivity index (χ0n) is 26.5. The van der Waals surface area contributed by atoms with Crippen LogP contribution in [-0.4, -0.2) is 4.57 Å². The van der Waals surface area contributed by atoms with Gasteiger partial charge in [-0.1, -0.05) is 98.8 Å². The van der Waals surface area contributed by atoms with Crippen molar-refractivity contribution < 1.29 is 0 Å². The first-order chi connectivity index (χ1) is 23.5. The van der Waals surface area contributed by atoms with E-state index in [1.807, 2.05) is 22.7 Å². The monoisotopic (exact) mass is 647 g/mol. The van der Waals surface area contributed by atoms with Crippen molar-refractivity contribution in [3.05, 3.63) is 151 Å². The summed E-state index contributed by atoms with van der Waals surface area (Å²) in [5.41, 5.74) is 11.8. The highest BCUT2D eigenvalue weighted by Gasteiger charge is 2.35. The molecule has 11 rings (SSSR count). The third kappa shape index (κ3) is 3.50. The molecule has 1 aliphatic carbocycles. The normalized spacial score (nSPS) is 13.8. The van der Waals surface area contributed by atoms with Crippen LogP contribution in [0.25, 0.3) is 90.1 Å². The fourth-order valence-electron chi connectivity index (χ4n) is 8.52. The van der Waals surface area contributed by atoms with Crippen LogP contribution in [0, 0.1) is 0 Å². The maximum atomic E-state index is 2.47. The summed E-state index contributed by atoms with van der Waals surface area (Å²) in [5.74, 6) is 0. The Balaban J connectivity index is 1.08. The summed E-state index contributed by atoms with van der Waals surface area (Å²) in [6.07, 6.45) is 0. The number of hydrogen-bond acceptors (Lipinski definition) is 2. The fraction of sp³-hybridized carbons (Fsp3) is 0.0667. The first kappa shape index (κ1) is 26.8. The molecule has 0 saturated heterocycles. The topological polar surface area (TPSA) is 4.93 Å². The number of para-hydroxylation sites is 1. The number of thiophene rings is 2. The summed E-state index contributed by atoms with van der Waals surface area (Å²) in [6, 6.07) is 52.4. The average Bonchev–Trinajstić information content (AvgIpc) is 3.84. The molecular weight excluding hydrogens is 619 g/mol. The van der Waals surface area contributed by atoms with Gasteiger partial charge in [-0.2, -0.15) is 0 Å². The van der Waals surface area contributed by atoms with Crippen molar-refractivity contribution in [3.8, 4) is 27.9 Å². The predicted octanol–water partition coefficient (Wildman–Crippen LogP) is 13.5. The van der Waals surface area contributed by atoms with Crippen molar-refractivity contribution in [2.24, 2.45) is 0 Å². The van der Waals surface area contributed by atoms with Crippen LogP contribution in [0.3, 0.4) is 0 Å². The quantitative estimate of drug-likeness (QED) is 0.176. The molecule has 48 heavy (non-hydrogen) atoms. The van der Waals surface area contributed by atoms with Crippen LogP contribution in [0.4, 0.5) is 0 Å². The van der Waals surface area contributed by atoms with Gasteiger partial charge in [-0.25, -0.2) is 0 Å². The first-order valence-electron chi connectivity index (χ1n) is 16.6. The molecule has 10 aromatic rings. The number of benzene rings is 7. The maximum Gasteiger partial charge on any atom is 0.0548 e. The number of hydrogen-bond donors (Lipinski definition) is 0. The molecule has 1 nitrogen and oxygen atoms in total. The highest BCUT2D eigenvalue weighted by atomic mass is 32.1. The fourth-order valence-corrected chi connectivity index (χ4v) is 10.8. The largest absolute Gasteiger partial charge is 0.309 e. The number of rotatable bonds is 2. The minimum atomic E-state index is -0.00480. The number of nitrogens with zero attached hydrogens (tertiary/aromatic N) is 1. The maximum absolute atomic E-state index is 2.47. The Morgan fingerprint density at radius 3 is 2.08 bits per heavy atom. The van der Waals surface area contributed by atoms with Gasteiger partial charge < -0.3 is 4.57 Å². The molecule has 3 heterocycles. The van der Waals surface area contributed by atoms with Crippen molar-refractivity contribution >= 4 is 84.8 Å². The van der Waals surface area contributed by atoms with E-state index >= 15 is 0 Å². The van der Waals surface area contributed by atoms with Crippen LogP contribution in [0.5, 0.6) is 0 Å². The SMILES string of the molecule is CC1(C)c2ccccc2-c2ccc(-c3ccc4c(c3)sc3ccc(-n5c6ccccc6c6c7c(ccc65)sc5ccccc57)cc34)cc21. The molecular formula is C45H29NS2. The summed E-state index contributed by atoms with van der Waals surface area (Å²) >= 11 is 3.78. The minimum Gasteiger partial charge on any atom is -0.309 e. The van der Waals surface area contributed by atoms with Gasteiger partial charge in [0.25, 0.3) is 0 Å². The molecule has 0 saturated carbocycles. The number of aromatic nitrogens is 1. The van der Waals surface area contributed by atoms with E-state index in [0.717, 1.165) is 0 Å². The third-order valence-corrected chi connectivity index (χ3v) is 13.1. The van der Waals surface area contributed by atoms with Crippen molar-refractivity contribution in [1.29, 1.82) is 0 Å². The van der Waals surface area contributed by atoms with Gasteiger partial charge in [-0.15, -0.1) is 22.7 Å². The van der Waals surface area contributed by atoms with Crippen molar-refractivity contribution in [2.75, 3.05) is 0 Å². The van der Waals surface area contributed by atoms with E-state index < -0.39 is 0 Å². The zero-order chi connectivity index (χ0) is 31.7. The Bertz CT molecular complexity index is 2980. The standard InChI is InChI=1S/C45H29NS2/c1-45(2)35-12-6-3-9-29(35)30-18-15-26(23-36(30)45)27-16-19-31-34-25-28(17-21-40(34)48-42(31)24-27)46-37-13-7-4-10-32(37)43-38(46)20-22-41-44(43)33-11-5-8-14-39(33)47-41/h3-25H,1-2H3. The van der Waals surface area contributed by atoms with E-state index in [1.54, 1.807) is 0 Å². The van der Waals surface area contributed by atoms with Gasteiger partial charge in [0, 0.05) is 62.2 Å². The smallest absolute Gasteiger partial charge is 0.0548 e. The van der Waals surface area contributed by atoms with Gasteiger partial charge in [0.2, 0.25) is 0 Å². The van der Waals surface area contributed by atoms with E-state index in [4.69, 9.17) is 0 Å². The van der Waals surface area contributed by atoms with E-state index in [1.165, 1.54) is 101 Å². The molecule has 0 aliphatic heterocycles. The van der Waals surface area contributed by atoms with Gasteiger partial charge in [0.1, 0.15) is 0 Å². The lowest BCUT2D eigenvalue weighted by atomic mass is 9.81. The minimum absolute atomic E-state index is 0.00480. The van der Waals surface area contributed by atoms with Gasteiger partial charge >= 0.3 is 0 Å². The lowest BCUT2D eigenvalue weighted by Crippen LogP contribution is -2.14. The van der Waals surface area contributed by atoms with Crippen molar-refractivity contribution in [2.45, 2.75) is 19.3 Å². The Morgan fingerprint density at radius 1 is 0.438 bits per heavy atom. The second kappa shape index (κ2) is 9.44. The molecule has 0 N–H and O–H groups in total. The van der Waals surface area contributed by atoms with Crippen molar-refractivity contribution in [1.82, 2.24) is 4.57 Å². The van der Waals surface area contributed by atoms with Gasteiger partial charge in [0.05, 0.1) is 11.0 Å². The van der Waals surface area contributed by atoms with E-state index in [2.05, 4.69) is 158 Å². The van der Waals surface area contributed by atoms with Crippen LogP contribution >= 0.6 is 22.7 Å². The third-order valence-electron chi connectivity index (χ3n) is 10.8. The van der Waals surface area contributed by atoms with Crippen LogP contribution in [-0.2, 0) is 5.41 Å². The second-order valence-corrected chi connectivity index (χ2v) is 15.9. The summed E-state index contributed by atoms with van der Waals surface area (Å²) in [5, 5.41) is 8.01. The lowest BCUT2D eigenvalue weighted by Gasteiger charge is -2.22. The van der Waals surface area contributed by atoms with E-state index in [0.29, 0.717) is 0 Å². The van der Waals surface area contributed by atoms with Crippen molar-refractivity contribution in [3.63, 3.8) is 0 Å². The molecule has 0 bridgehead atoms. The molecule has 1 aliphatic rings. The summed E-state index contributed by atoms with van der Waals surface area (Å²) in [7, 11) is 0. The van der Waals surface area contributed by atoms with Gasteiger partial charge in [-0.3, -0.25) is 0 Å². The molecule has 0 atom stereocenters. The highest BCUT2D eigenvalue weighted by molar-refractivity contribution is 7.26. The molecule has 0 unspecified atom stereocenters. The van der Waals surface area contributed by atoms with Crippen LogP contribution in [0.2, 0.25) is 0 Å². The Kier molecular flexibility index (Phi) is 5.27. The number of fused-ring (bicyclic) bond motifs is 13. The molecule has 0 fully saturated rings. The van der Waals surface area contributed by atoms with Crippen LogP contribution in [0.15, 0.2) is 140 Å². The summed E-state index contributed by atoms with van der Waals surface area (Å²) in [6.45, 7) is 4.72. The Labute approximate surface area is 285 Å². The second-order valence-electron chi connectivity index (χ2n) is 13.7. The molecule has 3 heteroatoms. The molecule has 226 valence electrons. The lowest BCUT2D eigenvalue weighted by molar-refractivity contribution is 0.660. The van der Waals surface area contributed by atoms with Gasteiger partial charge in [0.15, 0.2) is 0 Å². The zero-order valence-corrected chi connectivity index (χ0v) is 28.2. The van der Waals surface area contributed by atoms with Crippen LogP contribution in [0.1, 0.15) is 25.0 Å². The summed E-state index contributed by atoms with van der Waals surface area (Å²) in [4.78, 5) is 0. The highest BCUT2D eigenvalue weighted by Crippen LogP contribution is 2.50. The predicted molar refractivity (Wildman–Crippen MR) is 210 cm³/mol. The molecule has 3 aromatic heterocycles. The molecule has 0 radical (unpaired) electrons. The molecule has 0 amide bonds. The van der Waals surface area contributed by atoms with Crippen LogP contribution < -0.4 is 0 Å². The Hall–Kier alpha value is -5.22. The molecule has 7 aromatic carbocycles. The Morgan fingerprint density at radius 2 is 1.15 bits per heavy atom. The van der Waals surface area contributed by atoms with E-state index in [9.17, 15) is 0 Å². The first-order valence-corrected chi connectivity index (χ1v) is 18.2. The molecule has 0 spiro atoms. The summed E-state index contributed by atoms with van der Waals surface area (Å²) < 4.78 is 7.81.